The van der Waals surface area contributed by atoms with Crippen molar-refractivity contribution in [3.63, 3.8) is 0 Å². The number of ether oxygens (including phenoxy) is 2. The third kappa shape index (κ3) is 5.45. The maximum absolute atomic E-state index is 14.0. The van der Waals surface area contributed by atoms with E-state index in [4.69, 9.17) is 9.47 Å². The molecule has 7 rings (SSSR count). The highest BCUT2D eigenvalue weighted by atomic mass is 32.2. The number of benzene rings is 4. The molecule has 2 unspecified atom stereocenters. The summed E-state index contributed by atoms with van der Waals surface area (Å²) in [7, 11) is 0. The Morgan fingerprint density at radius 3 is 2.46 bits per heavy atom. The second kappa shape index (κ2) is 12.1. The summed E-state index contributed by atoms with van der Waals surface area (Å²) in [5.74, 6) is -1.50. The Hall–Kier alpha value is -4.87. The third-order valence-electron chi connectivity index (χ3n) is 8.13. The zero-order valence-corrected chi connectivity index (χ0v) is 26.6. The topological polar surface area (TPSA) is 118 Å². The first kappa shape index (κ1) is 29.8. The van der Waals surface area contributed by atoms with E-state index in [-0.39, 0.29) is 29.2 Å². The largest absolute Gasteiger partial charge is 0.490 e. The minimum Gasteiger partial charge on any atom is -0.490 e. The summed E-state index contributed by atoms with van der Waals surface area (Å²) >= 11 is 2.28. The predicted octanol–water partition coefficient (Wildman–Crippen LogP) is 6.11. The van der Waals surface area contributed by atoms with Gasteiger partial charge < -0.3 is 19.8 Å². The third-order valence-corrected chi connectivity index (χ3v) is 10.5. The van der Waals surface area contributed by atoms with Crippen LogP contribution in [-0.2, 0) is 14.4 Å². The maximum atomic E-state index is 14.0. The molecule has 1 fully saturated rings. The van der Waals surface area contributed by atoms with Crippen LogP contribution in [0.15, 0.2) is 94.7 Å². The van der Waals surface area contributed by atoms with E-state index in [9.17, 15) is 19.2 Å². The molecule has 0 saturated carbocycles. The van der Waals surface area contributed by atoms with Gasteiger partial charge in [0.05, 0.1) is 23.2 Å². The van der Waals surface area contributed by atoms with Gasteiger partial charge in [-0.25, -0.2) is 4.90 Å². The van der Waals surface area contributed by atoms with E-state index in [1.54, 1.807) is 30.3 Å². The first-order valence-electron chi connectivity index (χ1n) is 14.8. The summed E-state index contributed by atoms with van der Waals surface area (Å²) in [4.78, 5) is 57.6. The van der Waals surface area contributed by atoms with Crippen molar-refractivity contribution in [1.29, 1.82) is 0 Å². The molecule has 0 bridgehead atoms. The van der Waals surface area contributed by atoms with Crippen LogP contribution >= 0.6 is 23.1 Å². The van der Waals surface area contributed by atoms with Crippen molar-refractivity contribution < 1.29 is 23.9 Å². The lowest BCUT2D eigenvalue weighted by molar-refractivity contribution is -0.122. The number of H-pyrrole nitrogens is 1. The first-order valence-corrected chi connectivity index (χ1v) is 16.5. The number of imide groups is 1. The van der Waals surface area contributed by atoms with Crippen molar-refractivity contribution in [2.45, 2.75) is 30.0 Å². The standard InChI is InChI=1S/C35H29N3O6S2/c1-3-43-26-17-22(11-15-25(26)44-18-27(39)36-23-12-10-20-6-4-5-7-21(20)16-23)28-29-31(45-32-30(28)46-35(42)37-32)34(41)38(33(29)40)24-13-8-19(2)9-14-24/h4-17,28-29,31H,3,18H2,1-2H3,(H,36,39)(H,37,42)/t28-,29?,31?/m1/s1. The van der Waals surface area contributed by atoms with Gasteiger partial charge in [0.1, 0.15) is 5.25 Å². The molecule has 4 aromatic carbocycles. The van der Waals surface area contributed by atoms with Crippen molar-refractivity contribution in [3.8, 4) is 11.5 Å². The minimum absolute atomic E-state index is 0.250. The Balaban J connectivity index is 1.16. The monoisotopic (exact) mass is 651 g/mol. The number of hydrogen-bond acceptors (Lipinski definition) is 8. The van der Waals surface area contributed by atoms with Crippen LogP contribution in [0.4, 0.5) is 11.4 Å². The summed E-state index contributed by atoms with van der Waals surface area (Å²) in [6.45, 7) is 3.86. The summed E-state index contributed by atoms with van der Waals surface area (Å²) < 4.78 is 11.8. The van der Waals surface area contributed by atoms with E-state index < -0.39 is 17.1 Å². The number of rotatable bonds is 8. The number of thiazole rings is 1. The predicted molar refractivity (Wildman–Crippen MR) is 179 cm³/mol. The second-order valence-corrected chi connectivity index (χ2v) is 13.3. The molecule has 232 valence electrons. The van der Waals surface area contributed by atoms with Crippen LogP contribution in [0.25, 0.3) is 10.8 Å². The van der Waals surface area contributed by atoms with Gasteiger partial charge in [-0.15, -0.1) is 0 Å². The number of hydrogen-bond donors (Lipinski definition) is 2. The number of thioether (sulfide) groups is 1. The second-order valence-electron chi connectivity index (χ2n) is 11.1. The Labute approximate surface area is 272 Å². The molecule has 1 saturated heterocycles. The Bertz CT molecular complexity index is 2050. The molecule has 2 aliphatic rings. The van der Waals surface area contributed by atoms with Crippen LogP contribution in [-0.4, -0.2) is 41.2 Å². The van der Waals surface area contributed by atoms with Crippen LogP contribution in [0.3, 0.4) is 0 Å². The van der Waals surface area contributed by atoms with Gasteiger partial charge in [-0.1, -0.05) is 77.2 Å². The van der Waals surface area contributed by atoms with Crippen LogP contribution in [0.2, 0.25) is 0 Å². The number of carbonyl (C=O) groups excluding carboxylic acids is 3. The highest BCUT2D eigenvalue weighted by Crippen LogP contribution is 2.53. The quantitative estimate of drug-likeness (QED) is 0.195. The van der Waals surface area contributed by atoms with Gasteiger partial charge in [0.2, 0.25) is 11.8 Å². The molecule has 0 spiro atoms. The molecular formula is C35H29N3O6S2. The van der Waals surface area contributed by atoms with Gasteiger partial charge in [0, 0.05) is 16.5 Å². The molecule has 11 heteroatoms. The fourth-order valence-corrected chi connectivity index (χ4v) is 8.55. The Morgan fingerprint density at radius 2 is 1.67 bits per heavy atom. The lowest BCUT2D eigenvalue weighted by atomic mass is 9.83. The van der Waals surface area contributed by atoms with E-state index >= 15 is 0 Å². The number of carbonyl (C=O) groups is 3. The number of anilines is 2. The van der Waals surface area contributed by atoms with Gasteiger partial charge in [0.25, 0.3) is 5.91 Å². The lowest BCUT2D eigenvalue weighted by Gasteiger charge is -2.30. The van der Waals surface area contributed by atoms with Crippen molar-refractivity contribution in [2.75, 3.05) is 23.4 Å². The van der Waals surface area contributed by atoms with Gasteiger partial charge in [-0.05, 0) is 66.6 Å². The maximum Gasteiger partial charge on any atom is 0.305 e. The molecule has 1 aromatic heterocycles. The van der Waals surface area contributed by atoms with Crippen molar-refractivity contribution in [2.24, 2.45) is 5.92 Å². The Morgan fingerprint density at radius 1 is 0.891 bits per heavy atom. The smallest absolute Gasteiger partial charge is 0.305 e. The Kier molecular flexibility index (Phi) is 7.87. The van der Waals surface area contributed by atoms with E-state index in [1.165, 1.54) is 16.7 Å². The summed E-state index contributed by atoms with van der Waals surface area (Å²) in [5, 5.41) is 4.85. The molecule has 3 atom stereocenters. The molecule has 5 aromatic rings. The molecule has 2 aliphatic heterocycles. The average molecular weight is 652 g/mol. The van der Waals surface area contributed by atoms with Gasteiger partial charge in [-0.2, -0.15) is 0 Å². The molecule has 3 heterocycles. The van der Waals surface area contributed by atoms with E-state index in [2.05, 4.69) is 10.3 Å². The van der Waals surface area contributed by atoms with Crippen LogP contribution in [0.1, 0.15) is 28.8 Å². The zero-order valence-electron chi connectivity index (χ0n) is 24.9. The van der Waals surface area contributed by atoms with Crippen LogP contribution < -0.4 is 24.6 Å². The minimum atomic E-state index is -0.730. The molecule has 3 amide bonds. The highest BCUT2D eigenvalue weighted by molar-refractivity contribution is 8.00. The first-order chi connectivity index (χ1) is 22.3. The number of nitrogens with zero attached hydrogens (tertiary/aromatic N) is 1. The average Bonchev–Trinajstić information content (AvgIpc) is 3.54. The summed E-state index contributed by atoms with van der Waals surface area (Å²) in [6.07, 6.45) is 0. The lowest BCUT2D eigenvalue weighted by Crippen LogP contribution is -2.32. The van der Waals surface area contributed by atoms with Crippen LogP contribution in [0, 0.1) is 12.8 Å². The zero-order chi connectivity index (χ0) is 31.9. The van der Waals surface area contributed by atoms with Crippen molar-refractivity contribution >= 4 is 63.0 Å². The normalized spacial score (nSPS) is 18.7. The number of aromatic nitrogens is 1. The summed E-state index contributed by atoms with van der Waals surface area (Å²) in [5.41, 5.74) is 2.90. The molecule has 46 heavy (non-hydrogen) atoms. The fraction of sp³-hybridized carbons (Fsp3) is 0.200. The molecular weight excluding hydrogens is 623 g/mol. The number of aromatic amines is 1. The molecule has 2 N–H and O–H groups in total. The van der Waals surface area contributed by atoms with E-state index in [0.29, 0.717) is 44.9 Å². The molecule has 0 radical (unpaired) electrons. The van der Waals surface area contributed by atoms with Gasteiger partial charge in [-0.3, -0.25) is 19.2 Å². The number of amides is 3. The summed E-state index contributed by atoms with van der Waals surface area (Å²) in [6, 6.07) is 26.1. The van der Waals surface area contributed by atoms with Crippen molar-refractivity contribution in [1.82, 2.24) is 4.98 Å². The van der Waals surface area contributed by atoms with Crippen LogP contribution in [0.5, 0.6) is 11.5 Å². The number of nitrogens with one attached hydrogen (secondary N) is 2. The molecule has 0 aliphatic carbocycles. The molecule has 9 nitrogen and oxygen atoms in total. The highest BCUT2D eigenvalue weighted by Gasteiger charge is 2.56. The number of aryl methyl sites for hydroxylation is 1. The van der Waals surface area contributed by atoms with Gasteiger partial charge in [0.15, 0.2) is 18.1 Å². The SMILES string of the molecule is CCOc1cc([C@H]2c3sc(=O)[nH]c3SC3C(=O)N(c4ccc(C)cc4)C(=O)C32)ccc1OCC(=O)Nc1ccc2ccccc2c1. The van der Waals surface area contributed by atoms with E-state index in [1.807, 2.05) is 68.4 Å². The van der Waals surface area contributed by atoms with Crippen molar-refractivity contribution in [3.05, 3.63) is 111 Å². The fourth-order valence-electron chi connectivity index (χ4n) is 6.04. The van der Waals surface area contributed by atoms with Gasteiger partial charge >= 0.3 is 4.87 Å². The number of fused-ring (bicyclic) bond motifs is 3. The van der Waals surface area contributed by atoms with E-state index in [0.717, 1.165) is 27.7 Å².